The van der Waals surface area contributed by atoms with E-state index < -0.39 is 38.9 Å². The van der Waals surface area contributed by atoms with Crippen molar-refractivity contribution >= 4 is 22.1 Å². The molecule has 0 heterocycles. The lowest BCUT2D eigenvalue weighted by Crippen LogP contribution is -2.29. The van der Waals surface area contributed by atoms with Crippen molar-refractivity contribution in [2.24, 2.45) is 0 Å². The van der Waals surface area contributed by atoms with Crippen LogP contribution in [0.2, 0.25) is 0 Å². The van der Waals surface area contributed by atoms with Crippen molar-refractivity contribution in [2.75, 3.05) is 13.2 Å². The third kappa shape index (κ3) is 5.46. The molecule has 27 heavy (non-hydrogen) atoms. The van der Waals surface area contributed by atoms with Crippen LogP contribution in [0.1, 0.15) is 40.1 Å². The van der Waals surface area contributed by atoms with Crippen LogP contribution in [0.3, 0.4) is 0 Å². The number of hydrogen-bond acceptors (Lipinski definition) is 7. The highest BCUT2D eigenvalue weighted by atomic mass is 32.2. The van der Waals surface area contributed by atoms with Crippen LogP contribution in [0, 0.1) is 0 Å². The molecule has 0 aliphatic carbocycles. The van der Waals surface area contributed by atoms with Crippen LogP contribution in [0.25, 0.3) is 0 Å². The predicted octanol–water partition coefficient (Wildman–Crippen LogP) is 3.00. The molecule has 150 valence electrons. The molecular formula is C16H17F3O7S. The average molecular weight is 410 g/mol. The summed E-state index contributed by atoms with van der Waals surface area (Å²) >= 11 is 0. The third-order valence-corrected chi connectivity index (χ3v) is 4.01. The third-order valence-electron chi connectivity index (χ3n) is 3.04. The fraction of sp³-hybridized carbons (Fsp3) is 0.375. The number of hydrogen-bond donors (Lipinski definition) is 0. The van der Waals surface area contributed by atoms with Gasteiger partial charge in [-0.25, -0.2) is 9.59 Å². The van der Waals surface area contributed by atoms with E-state index in [1.165, 1.54) is 19.9 Å². The van der Waals surface area contributed by atoms with Crippen molar-refractivity contribution in [3.63, 3.8) is 0 Å². The molecule has 7 nitrogen and oxygen atoms in total. The van der Waals surface area contributed by atoms with E-state index in [2.05, 4.69) is 10.8 Å². The summed E-state index contributed by atoms with van der Waals surface area (Å²) in [5, 5.41) is 0. The highest BCUT2D eigenvalue weighted by Gasteiger charge is 2.49. The Morgan fingerprint density at radius 3 is 2.04 bits per heavy atom. The normalized spacial score (nSPS) is 11.6. The molecule has 0 radical (unpaired) electrons. The molecule has 0 N–H and O–H groups in total. The number of benzene rings is 1. The van der Waals surface area contributed by atoms with E-state index in [9.17, 15) is 31.2 Å². The van der Waals surface area contributed by atoms with Crippen LogP contribution in [-0.4, -0.2) is 39.1 Å². The number of carbonyl (C=O) groups is 2. The molecule has 0 saturated carbocycles. The van der Waals surface area contributed by atoms with Crippen LogP contribution in [0.5, 0.6) is 5.75 Å². The van der Waals surface area contributed by atoms with Gasteiger partial charge in [0.05, 0.1) is 18.8 Å². The Hall–Kier alpha value is -2.56. The van der Waals surface area contributed by atoms with Crippen LogP contribution in [0.15, 0.2) is 24.8 Å². The molecule has 0 atom stereocenters. The van der Waals surface area contributed by atoms with E-state index in [1.54, 1.807) is 0 Å². The molecular weight excluding hydrogens is 393 g/mol. The number of halogens is 3. The average Bonchev–Trinajstić information content (AvgIpc) is 2.55. The highest BCUT2D eigenvalue weighted by molar-refractivity contribution is 7.88. The summed E-state index contributed by atoms with van der Waals surface area (Å²) in [6.07, 6.45) is 1.42. The first-order valence-electron chi connectivity index (χ1n) is 7.61. The first-order valence-corrected chi connectivity index (χ1v) is 9.02. The zero-order chi connectivity index (χ0) is 20.8. The summed E-state index contributed by atoms with van der Waals surface area (Å²) in [6, 6.07) is 1.71. The number of ether oxygens (including phenoxy) is 2. The van der Waals surface area contributed by atoms with Gasteiger partial charge >= 0.3 is 27.6 Å². The van der Waals surface area contributed by atoms with E-state index in [-0.39, 0.29) is 30.8 Å². The second-order valence-electron chi connectivity index (χ2n) is 4.92. The van der Waals surface area contributed by atoms with Crippen molar-refractivity contribution in [3.8, 4) is 5.75 Å². The van der Waals surface area contributed by atoms with E-state index in [1.807, 2.05) is 0 Å². The minimum Gasteiger partial charge on any atom is -0.462 e. The number of carbonyl (C=O) groups excluding carboxylic acids is 2. The van der Waals surface area contributed by atoms with Crippen molar-refractivity contribution < 1.29 is 44.8 Å². The van der Waals surface area contributed by atoms with Gasteiger partial charge in [0, 0.05) is 0 Å². The zero-order valence-corrected chi connectivity index (χ0v) is 15.3. The molecule has 0 amide bonds. The van der Waals surface area contributed by atoms with Gasteiger partial charge in [-0.05, 0) is 38.0 Å². The molecule has 0 aromatic heterocycles. The van der Waals surface area contributed by atoms with Gasteiger partial charge in [-0.3, -0.25) is 0 Å². The van der Waals surface area contributed by atoms with Crippen LogP contribution in [-0.2, 0) is 26.0 Å². The number of allylic oxidation sites excluding steroid dienone is 1. The molecule has 0 fully saturated rings. The van der Waals surface area contributed by atoms with Gasteiger partial charge in [0.1, 0.15) is 5.56 Å². The molecule has 0 unspecified atom stereocenters. The minimum absolute atomic E-state index is 0.0387. The summed E-state index contributed by atoms with van der Waals surface area (Å²) in [5.41, 5.74) is -6.42. The van der Waals surface area contributed by atoms with E-state index in [4.69, 9.17) is 9.47 Å². The summed E-state index contributed by atoms with van der Waals surface area (Å²) in [5.74, 6) is -3.05. The van der Waals surface area contributed by atoms with Gasteiger partial charge in [-0.1, -0.05) is 6.08 Å². The molecule has 11 heteroatoms. The maximum absolute atomic E-state index is 12.6. The van der Waals surface area contributed by atoms with Crippen LogP contribution < -0.4 is 4.18 Å². The largest absolute Gasteiger partial charge is 0.534 e. The quantitative estimate of drug-likeness (QED) is 0.281. The Kier molecular flexibility index (Phi) is 7.40. The van der Waals surface area contributed by atoms with Gasteiger partial charge in [-0.15, -0.1) is 6.58 Å². The summed E-state index contributed by atoms with van der Waals surface area (Å²) in [7, 11) is -6.08. The topological polar surface area (TPSA) is 96.0 Å². The smallest absolute Gasteiger partial charge is 0.462 e. The lowest BCUT2D eigenvalue weighted by atomic mass is 10.00. The maximum Gasteiger partial charge on any atom is 0.534 e. The number of esters is 2. The van der Waals surface area contributed by atoms with Crippen LogP contribution >= 0.6 is 0 Å². The van der Waals surface area contributed by atoms with Crippen molar-refractivity contribution in [3.05, 3.63) is 41.5 Å². The van der Waals surface area contributed by atoms with Crippen molar-refractivity contribution in [1.82, 2.24) is 0 Å². The maximum atomic E-state index is 12.6. The summed E-state index contributed by atoms with van der Waals surface area (Å²) in [4.78, 5) is 24.1. The van der Waals surface area contributed by atoms with E-state index in [0.29, 0.717) is 6.07 Å². The number of alkyl halides is 3. The highest BCUT2D eigenvalue weighted by Crippen LogP contribution is 2.32. The summed E-state index contributed by atoms with van der Waals surface area (Å²) < 4.78 is 74.2. The molecule has 1 aromatic carbocycles. The fourth-order valence-electron chi connectivity index (χ4n) is 1.95. The molecule has 1 aromatic rings. The molecule has 0 bridgehead atoms. The molecule has 1 rings (SSSR count). The van der Waals surface area contributed by atoms with Crippen molar-refractivity contribution in [1.29, 1.82) is 0 Å². The number of rotatable bonds is 8. The molecule has 0 spiro atoms. The second-order valence-corrected chi connectivity index (χ2v) is 6.46. The Morgan fingerprint density at radius 1 is 1.07 bits per heavy atom. The van der Waals surface area contributed by atoms with Gasteiger partial charge in [0.25, 0.3) is 0 Å². The minimum atomic E-state index is -6.08. The Bertz CT molecular complexity index is 829. The van der Waals surface area contributed by atoms with Gasteiger partial charge in [0.2, 0.25) is 0 Å². The lowest BCUT2D eigenvalue weighted by Gasteiger charge is -2.16. The Balaban J connectivity index is 3.64. The lowest BCUT2D eigenvalue weighted by molar-refractivity contribution is -0.0500. The Labute approximate surface area is 153 Å². The van der Waals surface area contributed by atoms with Crippen LogP contribution in [0.4, 0.5) is 13.2 Å². The fourth-order valence-corrected chi connectivity index (χ4v) is 2.42. The van der Waals surface area contributed by atoms with Gasteiger partial charge in [0.15, 0.2) is 5.75 Å². The van der Waals surface area contributed by atoms with E-state index in [0.717, 1.165) is 6.07 Å². The predicted molar refractivity (Wildman–Crippen MR) is 87.9 cm³/mol. The van der Waals surface area contributed by atoms with E-state index >= 15 is 0 Å². The summed E-state index contributed by atoms with van der Waals surface area (Å²) in [6.45, 7) is 6.27. The Morgan fingerprint density at radius 2 is 1.59 bits per heavy atom. The first kappa shape index (κ1) is 22.5. The molecule has 0 saturated heterocycles. The standard InChI is InChI=1S/C16H17F3O7S/c1-4-7-10-8-12(15(21)25-6-3)13(9-11(10)14(20)24-5-2)26-27(22,23)16(17,18)19/h4,8-9H,1,5-7H2,2-3H3. The SMILES string of the molecule is C=CCc1cc(C(=O)OCC)c(OS(=O)(=O)C(F)(F)F)cc1C(=O)OCC. The zero-order valence-electron chi connectivity index (χ0n) is 14.5. The molecule has 0 aliphatic rings. The second kappa shape index (κ2) is 8.89. The van der Waals surface area contributed by atoms with Crippen molar-refractivity contribution in [2.45, 2.75) is 25.8 Å². The monoisotopic (exact) mass is 410 g/mol. The van der Waals surface area contributed by atoms with Gasteiger partial charge < -0.3 is 13.7 Å². The van der Waals surface area contributed by atoms with Gasteiger partial charge in [-0.2, -0.15) is 21.6 Å². The molecule has 0 aliphatic heterocycles. The first-order chi connectivity index (χ1) is 12.5.